The van der Waals surface area contributed by atoms with Gasteiger partial charge in [0.2, 0.25) is 0 Å². The molecule has 2 rings (SSSR count). The molecular weight excluding hydrogens is 279 g/mol. The minimum Gasteiger partial charge on any atom is -0.366 e. The van der Waals surface area contributed by atoms with Crippen LogP contribution < -0.4 is 5.32 Å². The van der Waals surface area contributed by atoms with E-state index in [0.29, 0.717) is 33.0 Å². The van der Waals surface area contributed by atoms with Crippen molar-refractivity contribution in [1.82, 2.24) is 4.98 Å². The minimum atomic E-state index is 0.294. The van der Waals surface area contributed by atoms with Gasteiger partial charge in [0, 0.05) is 6.04 Å². The largest absolute Gasteiger partial charge is 0.366 e. The number of pyridine rings is 1. The van der Waals surface area contributed by atoms with E-state index in [4.69, 9.17) is 34.8 Å². The van der Waals surface area contributed by atoms with Crippen molar-refractivity contribution in [3.05, 3.63) is 21.3 Å². The van der Waals surface area contributed by atoms with Gasteiger partial charge in [0.1, 0.15) is 11.0 Å². The van der Waals surface area contributed by atoms with Gasteiger partial charge in [0.25, 0.3) is 0 Å². The Kier molecular flexibility index (Phi) is 4.40. The third-order valence-corrected chi connectivity index (χ3v) is 4.28. The maximum Gasteiger partial charge on any atom is 0.150 e. The highest BCUT2D eigenvalue weighted by Gasteiger charge is 2.22. The molecule has 1 fully saturated rings. The number of halogens is 3. The summed E-state index contributed by atoms with van der Waals surface area (Å²) < 4.78 is 0. The number of hydrogen-bond donors (Lipinski definition) is 1. The molecule has 17 heavy (non-hydrogen) atoms. The Morgan fingerprint density at radius 3 is 2.59 bits per heavy atom. The standard InChI is InChI=1S/C12H15Cl3N2/c1-7-4-2-3-5-10(7)16-12-9(14)6-8(13)11(15)17-12/h6-7,10H,2-5H2,1H3,(H,16,17). The van der Waals surface area contributed by atoms with Crippen molar-refractivity contribution in [1.29, 1.82) is 0 Å². The maximum atomic E-state index is 6.10. The van der Waals surface area contributed by atoms with Gasteiger partial charge in [-0.2, -0.15) is 0 Å². The fourth-order valence-corrected chi connectivity index (χ4v) is 2.80. The molecule has 0 amide bonds. The topological polar surface area (TPSA) is 24.9 Å². The summed E-state index contributed by atoms with van der Waals surface area (Å²) in [7, 11) is 0. The Balaban J connectivity index is 2.15. The van der Waals surface area contributed by atoms with Gasteiger partial charge >= 0.3 is 0 Å². The summed E-state index contributed by atoms with van der Waals surface area (Å²) in [4.78, 5) is 4.19. The Bertz CT molecular complexity index is 409. The molecule has 0 aliphatic heterocycles. The summed E-state index contributed by atoms with van der Waals surface area (Å²) in [5, 5.41) is 4.59. The van der Waals surface area contributed by atoms with E-state index in [1.54, 1.807) is 6.07 Å². The Hall–Kier alpha value is -0.180. The summed E-state index contributed by atoms with van der Waals surface area (Å²) in [6.45, 7) is 2.25. The van der Waals surface area contributed by atoms with E-state index in [1.165, 1.54) is 19.3 Å². The summed E-state index contributed by atoms with van der Waals surface area (Å²) in [5.41, 5.74) is 0. The first-order valence-corrected chi connectivity index (χ1v) is 6.99. The Morgan fingerprint density at radius 2 is 1.88 bits per heavy atom. The van der Waals surface area contributed by atoms with Crippen LogP contribution in [0.5, 0.6) is 0 Å². The molecule has 0 aromatic carbocycles. The summed E-state index contributed by atoms with van der Waals surface area (Å²) in [6.07, 6.45) is 4.96. The second kappa shape index (κ2) is 5.64. The van der Waals surface area contributed by atoms with Crippen molar-refractivity contribution in [3.8, 4) is 0 Å². The van der Waals surface area contributed by atoms with E-state index >= 15 is 0 Å². The van der Waals surface area contributed by atoms with Crippen LogP contribution in [0.2, 0.25) is 15.2 Å². The smallest absolute Gasteiger partial charge is 0.150 e. The molecule has 1 aliphatic rings. The predicted octanol–water partition coefficient (Wildman–Crippen LogP) is 5.03. The van der Waals surface area contributed by atoms with Gasteiger partial charge in [0.05, 0.1) is 10.0 Å². The Labute approximate surface area is 117 Å². The highest BCUT2D eigenvalue weighted by molar-refractivity contribution is 6.42. The zero-order valence-electron chi connectivity index (χ0n) is 9.64. The van der Waals surface area contributed by atoms with Crippen LogP contribution in [0.1, 0.15) is 32.6 Å². The fraction of sp³-hybridized carbons (Fsp3) is 0.583. The number of nitrogens with one attached hydrogen (secondary N) is 1. The van der Waals surface area contributed by atoms with Crippen LogP contribution in [-0.2, 0) is 0 Å². The van der Waals surface area contributed by atoms with E-state index in [1.807, 2.05) is 0 Å². The van der Waals surface area contributed by atoms with E-state index in [-0.39, 0.29) is 0 Å². The quantitative estimate of drug-likeness (QED) is 0.773. The molecule has 2 unspecified atom stereocenters. The number of aromatic nitrogens is 1. The van der Waals surface area contributed by atoms with Crippen molar-refractivity contribution in [2.24, 2.45) is 5.92 Å². The van der Waals surface area contributed by atoms with Crippen LogP contribution in [0, 0.1) is 5.92 Å². The van der Waals surface area contributed by atoms with Crippen LogP contribution in [0.3, 0.4) is 0 Å². The van der Waals surface area contributed by atoms with Crippen LogP contribution in [0.15, 0.2) is 6.07 Å². The first-order valence-electron chi connectivity index (χ1n) is 5.86. The van der Waals surface area contributed by atoms with Crippen molar-refractivity contribution in [3.63, 3.8) is 0 Å². The first-order chi connectivity index (χ1) is 8.08. The molecule has 1 aliphatic carbocycles. The predicted molar refractivity (Wildman–Crippen MR) is 74.3 cm³/mol. The highest BCUT2D eigenvalue weighted by atomic mass is 35.5. The van der Waals surface area contributed by atoms with Gasteiger partial charge in [-0.1, -0.05) is 54.6 Å². The number of anilines is 1. The van der Waals surface area contributed by atoms with Crippen LogP contribution >= 0.6 is 34.8 Å². The average molecular weight is 294 g/mol. The Morgan fingerprint density at radius 1 is 1.18 bits per heavy atom. The zero-order chi connectivity index (χ0) is 12.4. The van der Waals surface area contributed by atoms with Gasteiger partial charge in [-0.05, 0) is 24.8 Å². The summed E-state index contributed by atoms with van der Waals surface area (Å²) >= 11 is 17.8. The normalized spacial score (nSPS) is 24.7. The monoisotopic (exact) mass is 292 g/mol. The lowest BCUT2D eigenvalue weighted by Crippen LogP contribution is -2.30. The van der Waals surface area contributed by atoms with Gasteiger partial charge in [-0.25, -0.2) is 4.98 Å². The lowest BCUT2D eigenvalue weighted by atomic mass is 9.86. The molecule has 2 nitrogen and oxygen atoms in total. The van der Waals surface area contributed by atoms with Gasteiger partial charge < -0.3 is 5.32 Å². The molecule has 1 N–H and O–H groups in total. The van der Waals surface area contributed by atoms with E-state index in [9.17, 15) is 0 Å². The molecule has 2 atom stereocenters. The summed E-state index contributed by atoms with van der Waals surface area (Å²) in [5.74, 6) is 1.27. The molecule has 1 aromatic rings. The second-order valence-electron chi connectivity index (χ2n) is 4.60. The van der Waals surface area contributed by atoms with Gasteiger partial charge in [-0.3, -0.25) is 0 Å². The zero-order valence-corrected chi connectivity index (χ0v) is 11.9. The number of hydrogen-bond acceptors (Lipinski definition) is 2. The first kappa shape index (κ1) is 13.3. The van der Waals surface area contributed by atoms with Crippen molar-refractivity contribution >= 4 is 40.6 Å². The molecule has 0 radical (unpaired) electrons. The molecule has 94 valence electrons. The van der Waals surface area contributed by atoms with E-state index in [0.717, 1.165) is 6.42 Å². The molecule has 0 spiro atoms. The molecule has 0 saturated heterocycles. The third kappa shape index (κ3) is 3.18. The second-order valence-corrected chi connectivity index (χ2v) is 5.78. The molecule has 0 bridgehead atoms. The SMILES string of the molecule is CC1CCCCC1Nc1nc(Cl)c(Cl)cc1Cl. The van der Waals surface area contributed by atoms with Crippen molar-refractivity contribution in [2.75, 3.05) is 5.32 Å². The summed E-state index contributed by atoms with van der Waals surface area (Å²) in [6, 6.07) is 2.06. The van der Waals surface area contributed by atoms with Crippen molar-refractivity contribution in [2.45, 2.75) is 38.6 Å². The highest BCUT2D eigenvalue weighted by Crippen LogP contribution is 2.32. The third-order valence-electron chi connectivity index (χ3n) is 3.32. The van der Waals surface area contributed by atoms with Crippen LogP contribution in [0.4, 0.5) is 5.82 Å². The number of rotatable bonds is 2. The average Bonchev–Trinajstić information content (AvgIpc) is 2.29. The lowest BCUT2D eigenvalue weighted by Gasteiger charge is -2.30. The van der Waals surface area contributed by atoms with E-state index < -0.39 is 0 Å². The minimum absolute atomic E-state index is 0.294. The van der Waals surface area contributed by atoms with Crippen molar-refractivity contribution < 1.29 is 0 Å². The van der Waals surface area contributed by atoms with E-state index in [2.05, 4.69) is 17.2 Å². The molecule has 5 heteroatoms. The number of nitrogens with zero attached hydrogens (tertiary/aromatic N) is 1. The molecule has 1 aromatic heterocycles. The maximum absolute atomic E-state index is 6.10. The van der Waals surface area contributed by atoms with Crippen LogP contribution in [-0.4, -0.2) is 11.0 Å². The molecular formula is C12H15Cl3N2. The van der Waals surface area contributed by atoms with Gasteiger partial charge in [0.15, 0.2) is 0 Å². The lowest BCUT2D eigenvalue weighted by molar-refractivity contribution is 0.349. The van der Waals surface area contributed by atoms with Gasteiger partial charge in [-0.15, -0.1) is 0 Å². The fourth-order valence-electron chi connectivity index (χ4n) is 2.25. The molecule has 1 heterocycles. The van der Waals surface area contributed by atoms with Crippen LogP contribution in [0.25, 0.3) is 0 Å². The molecule has 1 saturated carbocycles.